The van der Waals surface area contributed by atoms with E-state index in [1.165, 1.54) is 5.56 Å². The van der Waals surface area contributed by atoms with Gasteiger partial charge in [-0.1, -0.05) is 25.5 Å². The Morgan fingerprint density at radius 2 is 2.11 bits per heavy atom. The number of hydrogen-bond acceptors (Lipinski definition) is 4. The molecule has 18 heavy (non-hydrogen) atoms. The predicted octanol–water partition coefficient (Wildman–Crippen LogP) is 0.542. The SMILES string of the molecule is CCCc1cccc(N2C[C@H](O)[C@@H](O)[C@@H]2CO)c1. The van der Waals surface area contributed by atoms with Gasteiger partial charge in [-0.3, -0.25) is 0 Å². The van der Waals surface area contributed by atoms with Crippen molar-refractivity contribution >= 4 is 5.69 Å². The van der Waals surface area contributed by atoms with Crippen molar-refractivity contribution in [2.75, 3.05) is 18.1 Å². The first kappa shape index (κ1) is 13.3. The fourth-order valence-electron chi connectivity index (χ4n) is 2.57. The standard InChI is InChI=1S/C14H21NO3/c1-2-4-10-5-3-6-11(7-10)15-8-13(17)14(18)12(15)9-16/h3,5-7,12-14,16-18H,2,4,8-9H2,1H3/t12-,13-,14-/m0/s1. The van der Waals surface area contributed by atoms with Gasteiger partial charge in [0, 0.05) is 12.2 Å². The third kappa shape index (κ3) is 2.51. The van der Waals surface area contributed by atoms with Crippen LogP contribution >= 0.6 is 0 Å². The number of aliphatic hydroxyl groups excluding tert-OH is 3. The molecule has 0 radical (unpaired) electrons. The number of nitrogens with zero attached hydrogens (tertiary/aromatic N) is 1. The Morgan fingerprint density at radius 1 is 1.33 bits per heavy atom. The quantitative estimate of drug-likeness (QED) is 0.731. The monoisotopic (exact) mass is 251 g/mol. The summed E-state index contributed by atoms with van der Waals surface area (Å²) >= 11 is 0. The summed E-state index contributed by atoms with van der Waals surface area (Å²) in [5.74, 6) is 0. The summed E-state index contributed by atoms with van der Waals surface area (Å²) in [5.41, 5.74) is 2.19. The molecule has 0 aromatic heterocycles. The number of rotatable bonds is 4. The number of β-amino-alcohol motifs (C(OH)–C–C–N with tert-alkyl or cyclic N) is 1. The van der Waals surface area contributed by atoms with E-state index in [-0.39, 0.29) is 6.61 Å². The van der Waals surface area contributed by atoms with Crippen LogP contribution in [0.2, 0.25) is 0 Å². The van der Waals surface area contributed by atoms with Crippen molar-refractivity contribution in [1.29, 1.82) is 0 Å². The Morgan fingerprint density at radius 3 is 2.78 bits per heavy atom. The van der Waals surface area contributed by atoms with Gasteiger partial charge in [-0.15, -0.1) is 0 Å². The Kier molecular flexibility index (Phi) is 4.22. The van der Waals surface area contributed by atoms with Gasteiger partial charge in [-0.25, -0.2) is 0 Å². The lowest BCUT2D eigenvalue weighted by Crippen LogP contribution is -2.39. The molecule has 0 spiro atoms. The normalized spacial score (nSPS) is 27.8. The van der Waals surface area contributed by atoms with Crippen molar-refractivity contribution < 1.29 is 15.3 Å². The molecule has 1 aromatic rings. The second kappa shape index (κ2) is 5.69. The number of anilines is 1. The van der Waals surface area contributed by atoms with E-state index in [9.17, 15) is 15.3 Å². The van der Waals surface area contributed by atoms with Gasteiger partial charge < -0.3 is 20.2 Å². The van der Waals surface area contributed by atoms with E-state index in [1.54, 1.807) is 0 Å². The van der Waals surface area contributed by atoms with Gasteiger partial charge >= 0.3 is 0 Å². The van der Waals surface area contributed by atoms with Gasteiger partial charge in [0.1, 0.15) is 6.10 Å². The molecule has 3 atom stereocenters. The average Bonchev–Trinajstić information content (AvgIpc) is 2.66. The fraction of sp³-hybridized carbons (Fsp3) is 0.571. The molecule has 0 aliphatic carbocycles. The molecule has 0 bridgehead atoms. The molecule has 3 N–H and O–H groups in total. The molecule has 1 aliphatic heterocycles. The zero-order chi connectivity index (χ0) is 13.1. The molecule has 1 heterocycles. The Labute approximate surface area is 107 Å². The zero-order valence-electron chi connectivity index (χ0n) is 10.7. The van der Waals surface area contributed by atoms with Gasteiger partial charge in [0.05, 0.1) is 18.8 Å². The van der Waals surface area contributed by atoms with Crippen LogP contribution in [0.4, 0.5) is 5.69 Å². The second-order valence-corrected chi connectivity index (χ2v) is 4.88. The first-order valence-corrected chi connectivity index (χ1v) is 6.50. The summed E-state index contributed by atoms with van der Waals surface area (Å²) in [7, 11) is 0. The maximum absolute atomic E-state index is 9.81. The van der Waals surface area contributed by atoms with E-state index in [0.717, 1.165) is 18.5 Å². The number of benzene rings is 1. The lowest BCUT2D eigenvalue weighted by atomic mass is 10.1. The summed E-state index contributed by atoms with van der Waals surface area (Å²) in [4.78, 5) is 1.88. The number of aliphatic hydroxyl groups is 3. The molecule has 0 saturated carbocycles. The molecule has 2 rings (SSSR count). The van der Waals surface area contributed by atoms with Crippen LogP contribution in [0.15, 0.2) is 24.3 Å². The Bertz CT molecular complexity index is 396. The van der Waals surface area contributed by atoms with Crippen LogP contribution < -0.4 is 4.90 Å². The molecule has 1 aromatic carbocycles. The molecule has 1 saturated heterocycles. The van der Waals surface area contributed by atoms with Crippen LogP contribution in [-0.4, -0.2) is 46.7 Å². The van der Waals surface area contributed by atoms with Crippen LogP contribution in [0.3, 0.4) is 0 Å². The highest BCUT2D eigenvalue weighted by Crippen LogP contribution is 2.27. The maximum Gasteiger partial charge on any atom is 0.104 e. The molecule has 4 nitrogen and oxygen atoms in total. The van der Waals surface area contributed by atoms with Crippen LogP contribution in [-0.2, 0) is 6.42 Å². The third-order valence-electron chi connectivity index (χ3n) is 3.54. The fourth-order valence-corrected chi connectivity index (χ4v) is 2.57. The van der Waals surface area contributed by atoms with E-state index in [1.807, 2.05) is 17.0 Å². The van der Waals surface area contributed by atoms with E-state index >= 15 is 0 Å². The minimum Gasteiger partial charge on any atom is -0.394 e. The smallest absolute Gasteiger partial charge is 0.104 e. The van der Waals surface area contributed by atoms with Crippen LogP contribution in [0, 0.1) is 0 Å². The van der Waals surface area contributed by atoms with Crippen LogP contribution in [0.1, 0.15) is 18.9 Å². The highest BCUT2D eigenvalue weighted by molar-refractivity contribution is 5.51. The molecular formula is C14H21NO3. The van der Waals surface area contributed by atoms with Crippen molar-refractivity contribution in [2.45, 2.75) is 38.0 Å². The van der Waals surface area contributed by atoms with Gasteiger partial charge in [-0.05, 0) is 24.1 Å². The third-order valence-corrected chi connectivity index (χ3v) is 3.54. The van der Waals surface area contributed by atoms with Crippen molar-refractivity contribution in [1.82, 2.24) is 0 Å². The summed E-state index contributed by atoms with van der Waals surface area (Å²) < 4.78 is 0. The molecule has 1 aliphatic rings. The minimum absolute atomic E-state index is 0.157. The second-order valence-electron chi connectivity index (χ2n) is 4.88. The van der Waals surface area contributed by atoms with Crippen molar-refractivity contribution in [3.8, 4) is 0 Å². The largest absolute Gasteiger partial charge is 0.394 e. The molecular weight excluding hydrogens is 230 g/mol. The van der Waals surface area contributed by atoms with Gasteiger partial charge in [0.2, 0.25) is 0 Å². The van der Waals surface area contributed by atoms with Gasteiger partial charge in [0.15, 0.2) is 0 Å². The molecule has 0 amide bonds. The summed E-state index contributed by atoms with van der Waals surface area (Å²) in [6.07, 6.45) is 0.413. The van der Waals surface area contributed by atoms with Crippen molar-refractivity contribution in [2.24, 2.45) is 0 Å². The highest BCUT2D eigenvalue weighted by Gasteiger charge is 2.39. The zero-order valence-corrected chi connectivity index (χ0v) is 10.7. The molecule has 4 heteroatoms. The highest BCUT2D eigenvalue weighted by atomic mass is 16.3. The predicted molar refractivity (Wildman–Crippen MR) is 70.7 cm³/mol. The van der Waals surface area contributed by atoms with Gasteiger partial charge in [0.25, 0.3) is 0 Å². The summed E-state index contributed by atoms with van der Waals surface area (Å²) in [6.45, 7) is 2.34. The Hall–Kier alpha value is -1.10. The first-order valence-electron chi connectivity index (χ1n) is 6.50. The molecule has 1 fully saturated rings. The topological polar surface area (TPSA) is 63.9 Å². The molecule has 0 unspecified atom stereocenters. The summed E-state index contributed by atoms with van der Waals surface area (Å²) in [6, 6.07) is 7.65. The van der Waals surface area contributed by atoms with E-state index < -0.39 is 18.2 Å². The van der Waals surface area contributed by atoms with Crippen molar-refractivity contribution in [3.63, 3.8) is 0 Å². The lowest BCUT2D eigenvalue weighted by molar-refractivity contribution is 0.0304. The van der Waals surface area contributed by atoms with E-state index in [0.29, 0.717) is 6.54 Å². The molecule has 100 valence electrons. The van der Waals surface area contributed by atoms with Crippen LogP contribution in [0.25, 0.3) is 0 Å². The van der Waals surface area contributed by atoms with E-state index in [2.05, 4.69) is 19.1 Å². The number of hydrogen-bond donors (Lipinski definition) is 3. The van der Waals surface area contributed by atoms with Crippen molar-refractivity contribution in [3.05, 3.63) is 29.8 Å². The minimum atomic E-state index is -0.884. The first-order chi connectivity index (χ1) is 8.67. The number of aryl methyl sites for hydroxylation is 1. The van der Waals surface area contributed by atoms with E-state index in [4.69, 9.17) is 0 Å². The maximum atomic E-state index is 9.81. The van der Waals surface area contributed by atoms with Crippen LogP contribution in [0.5, 0.6) is 0 Å². The average molecular weight is 251 g/mol. The Balaban J connectivity index is 2.22. The summed E-state index contributed by atoms with van der Waals surface area (Å²) in [5, 5.41) is 28.9. The lowest BCUT2D eigenvalue weighted by Gasteiger charge is -2.26. The van der Waals surface area contributed by atoms with Gasteiger partial charge in [-0.2, -0.15) is 0 Å².